The summed E-state index contributed by atoms with van der Waals surface area (Å²) in [4.78, 5) is 8.56. The smallest absolute Gasteiger partial charge is 0.457 e. The van der Waals surface area contributed by atoms with E-state index in [2.05, 4.69) is 59.0 Å². The zero-order chi connectivity index (χ0) is 27.2. The molecule has 0 aliphatic heterocycles. The molecular weight excluding hydrogens is 492 g/mol. The van der Waals surface area contributed by atoms with Crippen LogP contribution in [0.2, 0.25) is 0 Å². The SMILES string of the molecule is Cc1noc(-c2ccc(-c3ccc(C4CC4)cc3)cc2)c1Nc1cccc(Oc2ccccc2)c1.O=C(O)O. The van der Waals surface area contributed by atoms with Crippen molar-refractivity contribution in [2.45, 2.75) is 25.7 Å². The van der Waals surface area contributed by atoms with Crippen LogP contribution in [-0.4, -0.2) is 21.5 Å². The summed E-state index contributed by atoms with van der Waals surface area (Å²) in [6.45, 7) is 1.94. The molecule has 1 aromatic heterocycles. The van der Waals surface area contributed by atoms with E-state index in [0.29, 0.717) is 5.76 Å². The third-order valence-corrected chi connectivity index (χ3v) is 6.38. The minimum absolute atomic E-state index is 0.715. The highest BCUT2D eigenvalue weighted by Crippen LogP contribution is 2.41. The number of rotatable bonds is 7. The normalized spacial score (nSPS) is 12.2. The first-order valence-electron chi connectivity index (χ1n) is 12.6. The summed E-state index contributed by atoms with van der Waals surface area (Å²) < 4.78 is 11.7. The van der Waals surface area contributed by atoms with Gasteiger partial charge in [0.15, 0.2) is 5.76 Å². The Kier molecular flexibility index (Phi) is 7.59. The Morgan fingerprint density at radius 2 is 1.41 bits per heavy atom. The van der Waals surface area contributed by atoms with Gasteiger partial charge >= 0.3 is 6.16 Å². The molecule has 5 aromatic rings. The number of benzene rings is 4. The molecule has 39 heavy (non-hydrogen) atoms. The third-order valence-electron chi connectivity index (χ3n) is 6.38. The van der Waals surface area contributed by atoms with Crippen molar-refractivity contribution < 1.29 is 24.3 Å². The molecule has 196 valence electrons. The lowest BCUT2D eigenvalue weighted by molar-refractivity contribution is 0.137. The van der Waals surface area contributed by atoms with Crippen molar-refractivity contribution in [2.75, 3.05) is 5.32 Å². The van der Waals surface area contributed by atoms with Crippen molar-refractivity contribution in [2.24, 2.45) is 0 Å². The topological polar surface area (TPSA) is 105 Å². The fourth-order valence-electron chi connectivity index (χ4n) is 4.30. The summed E-state index contributed by atoms with van der Waals surface area (Å²) in [6, 6.07) is 35.1. The van der Waals surface area contributed by atoms with E-state index < -0.39 is 6.16 Å². The zero-order valence-electron chi connectivity index (χ0n) is 21.4. The molecule has 0 bridgehead atoms. The van der Waals surface area contributed by atoms with E-state index >= 15 is 0 Å². The van der Waals surface area contributed by atoms with Gasteiger partial charge in [-0.15, -0.1) is 0 Å². The first-order chi connectivity index (χ1) is 19.0. The van der Waals surface area contributed by atoms with Gasteiger partial charge in [-0.05, 0) is 66.6 Å². The second-order valence-corrected chi connectivity index (χ2v) is 9.30. The predicted molar refractivity (Wildman–Crippen MR) is 151 cm³/mol. The molecule has 4 aromatic carbocycles. The number of aromatic nitrogens is 1. The average molecular weight is 521 g/mol. The van der Waals surface area contributed by atoms with Crippen molar-refractivity contribution in [3.8, 4) is 33.9 Å². The van der Waals surface area contributed by atoms with Gasteiger partial charge in [-0.25, -0.2) is 4.79 Å². The molecular formula is C32H28N2O5. The number of para-hydroxylation sites is 1. The maximum absolute atomic E-state index is 8.56. The van der Waals surface area contributed by atoms with Gasteiger partial charge < -0.3 is 24.8 Å². The zero-order valence-corrected chi connectivity index (χ0v) is 21.4. The summed E-state index contributed by atoms with van der Waals surface area (Å²) in [6.07, 6.45) is 0.816. The molecule has 0 spiro atoms. The van der Waals surface area contributed by atoms with Crippen LogP contribution in [0.5, 0.6) is 11.5 Å². The van der Waals surface area contributed by atoms with Crippen molar-refractivity contribution in [3.05, 3.63) is 114 Å². The van der Waals surface area contributed by atoms with Crippen LogP contribution in [-0.2, 0) is 0 Å². The van der Waals surface area contributed by atoms with Gasteiger partial charge in [0.2, 0.25) is 0 Å². The molecule has 1 saturated carbocycles. The minimum Gasteiger partial charge on any atom is -0.457 e. The molecule has 1 aliphatic carbocycles. The molecule has 0 radical (unpaired) electrons. The van der Waals surface area contributed by atoms with Gasteiger partial charge in [0.25, 0.3) is 0 Å². The Hall–Kier alpha value is -5.04. The highest BCUT2D eigenvalue weighted by Gasteiger charge is 2.23. The Balaban J connectivity index is 0.000000723. The highest BCUT2D eigenvalue weighted by atomic mass is 16.6. The molecule has 7 heteroatoms. The van der Waals surface area contributed by atoms with E-state index in [9.17, 15) is 0 Å². The molecule has 3 N–H and O–H groups in total. The number of anilines is 2. The minimum atomic E-state index is -1.83. The number of hydrogen-bond donors (Lipinski definition) is 3. The van der Waals surface area contributed by atoms with Gasteiger partial charge in [-0.3, -0.25) is 0 Å². The van der Waals surface area contributed by atoms with Crippen LogP contribution >= 0.6 is 0 Å². The number of carboxylic acid groups (broad SMARTS) is 2. The first kappa shape index (κ1) is 25.6. The standard InChI is InChI=1S/C31H26N2O2.CH2O3/c1-21-30(32-27-6-5-9-29(20-27)34-28-7-3-2-4-8-28)31(35-33-21)26-18-16-25(17-19-26)24-14-12-23(13-15-24)22-10-11-22;2-1(3)4/h2-9,12-20,22,32H,10-11H2,1H3;(H2,2,3,4). The number of nitrogens with zero attached hydrogens (tertiary/aromatic N) is 1. The lowest BCUT2D eigenvalue weighted by Crippen LogP contribution is -1.94. The molecule has 0 amide bonds. The Morgan fingerprint density at radius 3 is 2.05 bits per heavy atom. The quantitative estimate of drug-likeness (QED) is 0.197. The summed E-state index contributed by atoms with van der Waals surface area (Å²) in [5.74, 6) is 3.05. The van der Waals surface area contributed by atoms with Gasteiger partial charge in [0.1, 0.15) is 22.9 Å². The number of nitrogens with one attached hydrogen (secondary N) is 1. The van der Waals surface area contributed by atoms with E-state index in [1.807, 2.05) is 61.5 Å². The molecule has 1 fully saturated rings. The van der Waals surface area contributed by atoms with Crippen LogP contribution in [0.3, 0.4) is 0 Å². The monoisotopic (exact) mass is 520 g/mol. The predicted octanol–water partition coefficient (Wildman–Crippen LogP) is 8.95. The third kappa shape index (κ3) is 6.64. The van der Waals surface area contributed by atoms with Crippen molar-refractivity contribution in [1.29, 1.82) is 0 Å². The van der Waals surface area contributed by atoms with Crippen molar-refractivity contribution in [3.63, 3.8) is 0 Å². The molecule has 1 aliphatic rings. The summed E-state index contributed by atoms with van der Waals surface area (Å²) >= 11 is 0. The molecule has 1 heterocycles. The highest BCUT2D eigenvalue weighted by molar-refractivity contribution is 5.80. The van der Waals surface area contributed by atoms with E-state index in [1.165, 1.54) is 29.5 Å². The van der Waals surface area contributed by atoms with Gasteiger partial charge in [-0.1, -0.05) is 78.0 Å². The van der Waals surface area contributed by atoms with Gasteiger partial charge in [-0.2, -0.15) is 0 Å². The van der Waals surface area contributed by atoms with Crippen LogP contribution < -0.4 is 10.1 Å². The van der Waals surface area contributed by atoms with E-state index in [-0.39, 0.29) is 0 Å². The molecule has 6 rings (SSSR count). The fraction of sp³-hybridized carbons (Fsp3) is 0.125. The van der Waals surface area contributed by atoms with E-state index in [4.69, 9.17) is 24.3 Å². The van der Waals surface area contributed by atoms with Crippen molar-refractivity contribution >= 4 is 17.5 Å². The van der Waals surface area contributed by atoms with E-state index in [1.54, 1.807) is 0 Å². The van der Waals surface area contributed by atoms with Crippen LogP contribution in [0.4, 0.5) is 16.2 Å². The maximum atomic E-state index is 8.56. The maximum Gasteiger partial charge on any atom is 0.503 e. The summed E-state index contributed by atoms with van der Waals surface area (Å²) in [7, 11) is 0. The van der Waals surface area contributed by atoms with E-state index in [0.717, 1.165) is 40.0 Å². The number of aryl methyl sites for hydroxylation is 1. The number of hydrogen-bond acceptors (Lipinski definition) is 5. The van der Waals surface area contributed by atoms with Crippen LogP contribution in [0.25, 0.3) is 22.5 Å². The Morgan fingerprint density at radius 1 is 0.821 bits per heavy atom. The Bertz CT molecular complexity index is 1540. The van der Waals surface area contributed by atoms with Crippen molar-refractivity contribution in [1.82, 2.24) is 5.16 Å². The molecule has 0 atom stereocenters. The van der Waals surface area contributed by atoms with Gasteiger partial charge in [0.05, 0.1) is 0 Å². The second-order valence-electron chi connectivity index (χ2n) is 9.30. The number of ether oxygens (including phenoxy) is 1. The summed E-state index contributed by atoms with van der Waals surface area (Å²) in [5, 5.41) is 21.6. The lowest BCUT2D eigenvalue weighted by atomic mass is 10.0. The summed E-state index contributed by atoms with van der Waals surface area (Å²) in [5.41, 5.74) is 7.39. The molecule has 0 saturated heterocycles. The van der Waals surface area contributed by atoms with Gasteiger partial charge in [0, 0.05) is 17.3 Å². The average Bonchev–Trinajstić information content (AvgIpc) is 3.73. The Labute approximate surface area is 226 Å². The van der Waals surface area contributed by atoms with Crippen LogP contribution in [0.1, 0.15) is 30.0 Å². The molecule has 0 unspecified atom stereocenters. The fourth-order valence-corrected chi connectivity index (χ4v) is 4.30. The van der Waals surface area contributed by atoms with Crippen LogP contribution in [0.15, 0.2) is 108 Å². The number of carbonyl (C=O) groups is 1. The van der Waals surface area contributed by atoms with Crippen LogP contribution in [0, 0.1) is 6.92 Å². The molecule has 7 nitrogen and oxygen atoms in total. The lowest BCUT2D eigenvalue weighted by Gasteiger charge is -2.10. The largest absolute Gasteiger partial charge is 0.503 e. The second kappa shape index (κ2) is 11.6. The first-order valence-corrected chi connectivity index (χ1v) is 12.6.